The molecule has 28 heavy (non-hydrogen) atoms. The van der Waals surface area contributed by atoms with E-state index in [-0.39, 0.29) is 22.8 Å². The molecule has 0 fully saturated rings. The van der Waals surface area contributed by atoms with E-state index in [1.165, 1.54) is 22.9 Å². The summed E-state index contributed by atoms with van der Waals surface area (Å²) in [6.07, 6.45) is -4.51. The van der Waals surface area contributed by atoms with Gasteiger partial charge in [-0.1, -0.05) is 59.6 Å². The van der Waals surface area contributed by atoms with Gasteiger partial charge in [0.2, 0.25) is 0 Å². The van der Waals surface area contributed by atoms with Crippen molar-refractivity contribution >= 4 is 29.1 Å². The standard InChI is InChI=1S/C19H14Cl2F3N3O/c1-27-17(12-7-3-5-9-14(12)20)15(21)16(26-27)18(28)25-10-11-6-2-4-8-13(11)19(22,23)24/h2-9H,10H2,1H3,(H,25,28). The molecular formula is C19H14Cl2F3N3O. The molecule has 0 radical (unpaired) electrons. The Hall–Kier alpha value is -2.51. The number of nitrogens with zero attached hydrogens (tertiary/aromatic N) is 2. The Balaban J connectivity index is 1.86. The topological polar surface area (TPSA) is 46.9 Å². The van der Waals surface area contributed by atoms with Crippen LogP contribution in [0, 0.1) is 0 Å². The van der Waals surface area contributed by atoms with Gasteiger partial charge in [0.05, 0.1) is 16.3 Å². The molecule has 1 amide bonds. The minimum absolute atomic E-state index is 0.0540. The molecular weight excluding hydrogens is 414 g/mol. The van der Waals surface area contributed by atoms with E-state index in [1.807, 2.05) is 0 Å². The molecule has 0 aliphatic carbocycles. The highest BCUT2D eigenvalue weighted by molar-refractivity contribution is 6.38. The summed E-state index contributed by atoms with van der Waals surface area (Å²) in [7, 11) is 1.60. The average Bonchev–Trinajstić information content (AvgIpc) is 2.94. The van der Waals surface area contributed by atoms with Gasteiger partial charge >= 0.3 is 6.18 Å². The van der Waals surface area contributed by atoms with Gasteiger partial charge in [0.25, 0.3) is 5.91 Å². The number of carbonyl (C=O) groups is 1. The minimum atomic E-state index is -4.51. The van der Waals surface area contributed by atoms with Gasteiger partial charge in [-0.15, -0.1) is 0 Å². The first-order chi connectivity index (χ1) is 13.2. The summed E-state index contributed by atoms with van der Waals surface area (Å²) in [6.45, 7) is -0.317. The van der Waals surface area contributed by atoms with Gasteiger partial charge in [0.15, 0.2) is 5.69 Å². The summed E-state index contributed by atoms with van der Waals surface area (Å²) < 4.78 is 40.6. The first-order valence-corrected chi connectivity index (χ1v) is 8.86. The first kappa shape index (κ1) is 20.2. The molecule has 3 rings (SSSR count). The number of aryl methyl sites for hydroxylation is 1. The number of benzene rings is 2. The SMILES string of the molecule is Cn1nc(C(=O)NCc2ccccc2C(F)(F)F)c(Cl)c1-c1ccccc1Cl. The maximum atomic E-state index is 13.1. The molecule has 146 valence electrons. The molecule has 0 saturated carbocycles. The predicted molar refractivity (Wildman–Crippen MR) is 101 cm³/mol. The molecule has 9 heteroatoms. The van der Waals surface area contributed by atoms with Crippen molar-refractivity contribution in [3.8, 4) is 11.3 Å². The Bertz CT molecular complexity index is 1030. The summed E-state index contributed by atoms with van der Waals surface area (Å²) >= 11 is 12.5. The van der Waals surface area contributed by atoms with Gasteiger partial charge in [0, 0.05) is 24.2 Å². The van der Waals surface area contributed by atoms with Crippen molar-refractivity contribution in [3.63, 3.8) is 0 Å². The molecule has 1 N–H and O–H groups in total. The Kier molecular flexibility index (Phi) is 5.67. The average molecular weight is 428 g/mol. The molecule has 1 heterocycles. The molecule has 0 atom stereocenters. The molecule has 0 bridgehead atoms. The van der Waals surface area contributed by atoms with Crippen molar-refractivity contribution in [3.05, 3.63) is 75.4 Å². The lowest BCUT2D eigenvalue weighted by Crippen LogP contribution is -2.25. The second-order valence-electron chi connectivity index (χ2n) is 5.95. The zero-order valence-corrected chi connectivity index (χ0v) is 16.0. The third kappa shape index (κ3) is 4.00. The fraction of sp³-hybridized carbons (Fsp3) is 0.158. The van der Waals surface area contributed by atoms with Crippen LogP contribution >= 0.6 is 23.2 Å². The molecule has 0 aliphatic heterocycles. The van der Waals surface area contributed by atoms with E-state index in [0.717, 1.165) is 6.07 Å². The number of carbonyl (C=O) groups excluding carboxylic acids is 1. The van der Waals surface area contributed by atoms with Gasteiger partial charge in [0.1, 0.15) is 0 Å². The third-order valence-corrected chi connectivity index (χ3v) is 4.78. The fourth-order valence-corrected chi connectivity index (χ4v) is 3.37. The number of hydrogen-bond acceptors (Lipinski definition) is 2. The zero-order chi connectivity index (χ0) is 20.5. The van der Waals surface area contributed by atoms with E-state index in [1.54, 1.807) is 31.3 Å². The molecule has 0 spiro atoms. The summed E-state index contributed by atoms with van der Waals surface area (Å²) in [5, 5.41) is 7.04. The van der Waals surface area contributed by atoms with Crippen LogP contribution in [0.3, 0.4) is 0 Å². The van der Waals surface area contributed by atoms with E-state index >= 15 is 0 Å². The number of alkyl halides is 3. The zero-order valence-electron chi connectivity index (χ0n) is 14.5. The largest absolute Gasteiger partial charge is 0.416 e. The van der Waals surface area contributed by atoms with Gasteiger partial charge < -0.3 is 5.32 Å². The molecule has 4 nitrogen and oxygen atoms in total. The van der Waals surface area contributed by atoms with Crippen LogP contribution in [-0.2, 0) is 19.8 Å². The highest BCUT2D eigenvalue weighted by Crippen LogP contribution is 2.35. The highest BCUT2D eigenvalue weighted by atomic mass is 35.5. The van der Waals surface area contributed by atoms with Crippen molar-refractivity contribution in [2.24, 2.45) is 7.05 Å². The Labute approximate surface area is 168 Å². The van der Waals surface area contributed by atoms with Crippen LogP contribution < -0.4 is 5.32 Å². The number of hydrogen-bond donors (Lipinski definition) is 1. The smallest absolute Gasteiger partial charge is 0.347 e. The van der Waals surface area contributed by atoms with Crippen LogP contribution in [0.25, 0.3) is 11.3 Å². The van der Waals surface area contributed by atoms with Crippen LogP contribution in [0.4, 0.5) is 13.2 Å². The second kappa shape index (κ2) is 7.85. The molecule has 0 saturated heterocycles. The van der Waals surface area contributed by atoms with Gasteiger partial charge in [-0.05, 0) is 17.7 Å². The van der Waals surface area contributed by atoms with E-state index in [0.29, 0.717) is 16.3 Å². The minimum Gasteiger partial charge on any atom is -0.347 e. The van der Waals surface area contributed by atoms with Crippen molar-refractivity contribution in [1.82, 2.24) is 15.1 Å². The monoisotopic (exact) mass is 427 g/mol. The summed E-state index contributed by atoms with van der Waals surface area (Å²) in [5.74, 6) is -0.684. The van der Waals surface area contributed by atoms with Crippen molar-refractivity contribution in [2.45, 2.75) is 12.7 Å². The fourth-order valence-electron chi connectivity index (χ4n) is 2.80. The maximum Gasteiger partial charge on any atom is 0.416 e. The lowest BCUT2D eigenvalue weighted by atomic mass is 10.1. The van der Waals surface area contributed by atoms with E-state index in [9.17, 15) is 18.0 Å². The van der Waals surface area contributed by atoms with E-state index in [2.05, 4.69) is 10.4 Å². The van der Waals surface area contributed by atoms with Gasteiger partial charge in [-0.25, -0.2) is 0 Å². The highest BCUT2D eigenvalue weighted by Gasteiger charge is 2.33. The van der Waals surface area contributed by atoms with Gasteiger partial charge in [-0.3, -0.25) is 9.48 Å². The predicted octanol–water partition coefficient (Wildman–Crippen LogP) is 5.34. The van der Waals surface area contributed by atoms with Crippen LogP contribution in [0.2, 0.25) is 10.0 Å². The molecule has 1 aromatic heterocycles. The van der Waals surface area contributed by atoms with Crippen molar-refractivity contribution in [2.75, 3.05) is 0 Å². The van der Waals surface area contributed by atoms with Crippen molar-refractivity contribution < 1.29 is 18.0 Å². The summed E-state index contributed by atoms with van der Waals surface area (Å²) in [6, 6.07) is 11.9. The number of amides is 1. The molecule has 2 aromatic carbocycles. The van der Waals surface area contributed by atoms with Gasteiger partial charge in [-0.2, -0.15) is 18.3 Å². The lowest BCUT2D eigenvalue weighted by Gasteiger charge is -2.12. The number of nitrogens with one attached hydrogen (secondary N) is 1. The summed E-state index contributed by atoms with van der Waals surface area (Å²) in [4.78, 5) is 12.5. The Morgan fingerprint density at radius 2 is 1.75 bits per heavy atom. The van der Waals surface area contributed by atoms with E-state index in [4.69, 9.17) is 23.2 Å². The maximum absolute atomic E-state index is 13.1. The normalized spacial score (nSPS) is 11.5. The Morgan fingerprint density at radius 1 is 1.11 bits per heavy atom. The van der Waals surface area contributed by atoms with E-state index < -0.39 is 17.6 Å². The number of aromatic nitrogens is 2. The molecule has 0 unspecified atom stereocenters. The number of rotatable bonds is 4. The Morgan fingerprint density at radius 3 is 2.43 bits per heavy atom. The lowest BCUT2D eigenvalue weighted by molar-refractivity contribution is -0.138. The van der Waals surface area contributed by atoms with Crippen molar-refractivity contribution in [1.29, 1.82) is 0 Å². The van der Waals surface area contributed by atoms with Crippen LogP contribution in [0.5, 0.6) is 0 Å². The summed E-state index contributed by atoms with van der Waals surface area (Å²) in [5.41, 5.74) is 0.0724. The first-order valence-electron chi connectivity index (χ1n) is 8.11. The number of halogens is 5. The van der Waals surface area contributed by atoms with Crippen LogP contribution in [-0.4, -0.2) is 15.7 Å². The quantitative estimate of drug-likeness (QED) is 0.610. The second-order valence-corrected chi connectivity index (χ2v) is 6.74. The van der Waals surface area contributed by atoms with Crippen LogP contribution in [0.15, 0.2) is 48.5 Å². The third-order valence-electron chi connectivity index (χ3n) is 4.10. The molecule has 3 aromatic rings. The molecule has 0 aliphatic rings. The van der Waals surface area contributed by atoms with Crippen LogP contribution in [0.1, 0.15) is 21.6 Å².